The van der Waals surface area contributed by atoms with Crippen molar-refractivity contribution in [1.82, 2.24) is 14.6 Å². The van der Waals surface area contributed by atoms with Gasteiger partial charge in [0.2, 0.25) is 10.0 Å². The summed E-state index contributed by atoms with van der Waals surface area (Å²) < 4.78 is 27.3. The van der Waals surface area contributed by atoms with Crippen molar-refractivity contribution in [2.45, 2.75) is 30.7 Å². The summed E-state index contributed by atoms with van der Waals surface area (Å²) in [5, 5.41) is 2.87. The molecule has 0 radical (unpaired) electrons. The molecule has 1 unspecified atom stereocenters. The standard InChI is InChI=1S/C13H22N4O2S/c1-11(17-7-3-4-8-17)9-16-20(18,19)13-10-15-6-5-12(13)14-2/h5-6,10-11,16H,3-4,7-9H2,1-2H3,(H,14,15). The molecule has 2 heterocycles. The van der Waals surface area contributed by atoms with E-state index in [1.54, 1.807) is 19.3 Å². The summed E-state index contributed by atoms with van der Waals surface area (Å²) in [4.78, 5) is 6.40. The first kappa shape index (κ1) is 15.2. The fraction of sp³-hybridized carbons (Fsp3) is 0.615. The van der Waals surface area contributed by atoms with Gasteiger partial charge in [-0.15, -0.1) is 0 Å². The van der Waals surface area contributed by atoms with E-state index in [4.69, 9.17) is 0 Å². The largest absolute Gasteiger partial charge is 0.387 e. The zero-order chi connectivity index (χ0) is 14.6. The molecule has 6 nitrogen and oxygen atoms in total. The molecule has 112 valence electrons. The third-order valence-corrected chi connectivity index (χ3v) is 5.13. The van der Waals surface area contributed by atoms with Crippen LogP contribution < -0.4 is 10.0 Å². The van der Waals surface area contributed by atoms with Crippen LogP contribution in [0.25, 0.3) is 0 Å². The number of nitrogens with one attached hydrogen (secondary N) is 2. The molecule has 1 aromatic rings. The molecule has 1 saturated heterocycles. The van der Waals surface area contributed by atoms with Gasteiger partial charge in [-0.1, -0.05) is 0 Å². The number of rotatable bonds is 6. The monoisotopic (exact) mass is 298 g/mol. The van der Waals surface area contributed by atoms with Crippen LogP contribution in [0.3, 0.4) is 0 Å². The maximum absolute atomic E-state index is 12.3. The fourth-order valence-electron chi connectivity index (χ4n) is 2.42. The average Bonchev–Trinajstić information content (AvgIpc) is 2.99. The summed E-state index contributed by atoms with van der Waals surface area (Å²) in [6.07, 6.45) is 5.33. The summed E-state index contributed by atoms with van der Waals surface area (Å²) in [6, 6.07) is 1.86. The second kappa shape index (κ2) is 6.51. The smallest absolute Gasteiger partial charge is 0.244 e. The van der Waals surface area contributed by atoms with Gasteiger partial charge in [0.25, 0.3) is 0 Å². The summed E-state index contributed by atoms with van der Waals surface area (Å²) in [6.45, 7) is 4.57. The zero-order valence-electron chi connectivity index (χ0n) is 12.0. The van der Waals surface area contributed by atoms with Crippen molar-refractivity contribution in [1.29, 1.82) is 0 Å². The van der Waals surface area contributed by atoms with Gasteiger partial charge in [-0.2, -0.15) is 0 Å². The molecule has 2 N–H and O–H groups in total. The molecular formula is C13H22N4O2S. The minimum atomic E-state index is -3.53. The number of nitrogens with zero attached hydrogens (tertiary/aromatic N) is 2. The van der Waals surface area contributed by atoms with E-state index in [2.05, 4.69) is 26.8 Å². The topological polar surface area (TPSA) is 74.3 Å². The molecule has 0 aromatic carbocycles. The molecular weight excluding hydrogens is 276 g/mol. The molecule has 0 bridgehead atoms. The first-order chi connectivity index (χ1) is 9.54. The van der Waals surface area contributed by atoms with Crippen LogP contribution in [-0.4, -0.2) is 51.0 Å². The Morgan fingerprint density at radius 1 is 1.40 bits per heavy atom. The highest BCUT2D eigenvalue weighted by atomic mass is 32.2. The van der Waals surface area contributed by atoms with Crippen molar-refractivity contribution >= 4 is 15.7 Å². The minimum absolute atomic E-state index is 0.191. The molecule has 1 fully saturated rings. The molecule has 7 heteroatoms. The van der Waals surface area contributed by atoms with Crippen LogP contribution in [0, 0.1) is 0 Å². The number of sulfonamides is 1. The van der Waals surface area contributed by atoms with E-state index in [-0.39, 0.29) is 10.9 Å². The number of likely N-dealkylation sites (tertiary alicyclic amines) is 1. The number of aromatic nitrogens is 1. The van der Waals surface area contributed by atoms with E-state index in [0.29, 0.717) is 12.2 Å². The lowest BCUT2D eigenvalue weighted by Gasteiger charge is -2.24. The fourth-order valence-corrected chi connectivity index (χ4v) is 3.70. The highest BCUT2D eigenvalue weighted by Gasteiger charge is 2.22. The molecule has 0 aliphatic carbocycles. The van der Waals surface area contributed by atoms with Crippen molar-refractivity contribution in [2.24, 2.45) is 0 Å². The molecule has 2 rings (SSSR count). The van der Waals surface area contributed by atoms with Crippen LogP contribution in [0.1, 0.15) is 19.8 Å². The van der Waals surface area contributed by atoms with Crippen LogP contribution in [0.4, 0.5) is 5.69 Å². The number of anilines is 1. The normalized spacial score (nSPS) is 18.1. The Kier molecular flexibility index (Phi) is 4.95. The third-order valence-electron chi connectivity index (χ3n) is 3.68. The van der Waals surface area contributed by atoms with Gasteiger partial charge in [0.15, 0.2) is 0 Å². The SMILES string of the molecule is CNc1ccncc1S(=O)(=O)NCC(C)N1CCCC1. The lowest BCUT2D eigenvalue weighted by Crippen LogP contribution is -2.40. The Morgan fingerprint density at radius 3 is 2.75 bits per heavy atom. The summed E-state index contributed by atoms with van der Waals surface area (Å²) >= 11 is 0. The second-order valence-corrected chi connectivity index (χ2v) is 6.80. The molecule has 1 aliphatic rings. The van der Waals surface area contributed by atoms with Crippen LogP contribution in [-0.2, 0) is 10.0 Å². The average molecular weight is 298 g/mol. The maximum atomic E-state index is 12.3. The Morgan fingerprint density at radius 2 is 2.10 bits per heavy atom. The van der Waals surface area contributed by atoms with Crippen LogP contribution in [0.5, 0.6) is 0 Å². The molecule has 1 aromatic heterocycles. The van der Waals surface area contributed by atoms with Crippen LogP contribution in [0.2, 0.25) is 0 Å². The molecule has 1 atom stereocenters. The Bertz CT molecular complexity index is 541. The van der Waals surface area contributed by atoms with E-state index in [9.17, 15) is 8.42 Å². The number of pyridine rings is 1. The second-order valence-electron chi connectivity index (χ2n) is 5.07. The number of hydrogen-bond acceptors (Lipinski definition) is 5. The molecule has 1 aliphatic heterocycles. The quantitative estimate of drug-likeness (QED) is 0.816. The molecule has 0 spiro atoms. The molecule has 0 saturated carbocycles. The van der Waals surface area contributed by atoms with Gasteiger partial charge in [-0.05, 0) is 38.9 Å². The summed E-state index contributed by atoms with van der Waals surface area (Å²) in [7, 11) is -1.83. The summed E-state index contributed by atoms with van der Waals surface area (Å²) in [5.74, 6) is 0. The van der Waals surface area contributed by atoms with Gasteiger partial charge >= 0.3 is 0 Å². The van der Waals surface area contributed by atoms with Crippen molar-refractivity contribution in [3.8, 4) is 0 Å². The van der Waals surface area contributed by atoms with Gasteiger partial charge in [0.05, 0.1) is 5.69 Å². The van der Waals surface area contributed by atoms with Gasteiger partial charge in [-0.25, -0.2) is 13.1 Å². The summed E-state index contributed by atoms with van der Waals surface area (Å²) in [5.41, 5.74) is 0.557. The molecule has 0 amide bonds. The van der Waals surface area contributed by atoms with E-state index >= 15 is 0 Å². The zero-order valence-corrected chi connectivity index (χ0v) is 12.8. The lowest BCUT2D eigenvalue weighted by molar-refractivity contribution is 0.260. The van der Waals surface area contributed by atoms with Crippen molar-refractivity contribution in [2.75, 3.05) is 32.0 Å². The highest BCUT2D eigenvalue weighted by Crippen LogP contribution is 2.19. The van der Waals surface area contributed by atoms with Crippen LogP contribution in [0.15, 0.2) is 23.4 Å². The third kappa shape index (κ3) is 3.47. The van der Waals surface area contributed by atoms with E-state index in [0.717, 1.165) is 13.1 Å². The first-order valence-corrected chi connectivity index (χ1v) is 8.38. The first-order valence-electron chi connectivity index (χ1n) is 6.90. The van der Waals surface area contributed by atoms with E-state index in [1.807, 2.05) is 0 Å². The Hall–Kier alpha value is -1.18. The van der Waals surface area contributed by atoms with Gasteiger partial charge < -0.3 is 5.32 Å². The van der Waals surface area contributed by atoms with Crippen molar-refractivity contribution < 1.29 is 8.42 Å². The van der Waals surface area contributed by atoms with Crippen molar-refractivity contribution in [3.05, 3.63) is 18.5 Å². The predicted molar refractivity (Wildman–Crippen MR) is 79.2 cm³/mol. The van der Waals surface area contributed by atoms with Crippen molar-refractivity contribution in [3.63, 3.8) is 0 Å². The lowest BCUT2D eigenvalue weighted by atomic mass is 10.3. The minimum Gasteiger partial charge on any atom is -0.387 e. The van der Waals surface area contributed by atoms with E-state index < -0.39 is 10.0 Å². The highest BCUT2D eigenvalue weighted by molar-refractivity contribution is 7.89. The maximum Gasteiger partial charge on any atom is 0.244 e. The van der Waals surface area contributed by atoms with Gasteiger partial charge in [-0.3, -0.25) is 9.88 Å². The predicted octanol–water partition coefficient (Wildman–Crippen LogP) is 0.886. The number of hydrogen-bond donors (Lipinski definition) is 2. The molecule has 20 heavy (non-hydrogen) atoms. The van der Waals surface area contributed by atoms with Gasteiger partial charge in [0, 0.05) is 32.0 Å². The van der Waals surface area contributed by atoms with Crippen LogP contribution >= 0.6 is 0 Å². The Balaban J connectivity index is 2.03. The Labute approximate surface area is 120 Å². The van der Waals surface area contributed by atoms with Gasteiger partial charge in [0.1, 0.15) is 4.90 Å². The van der Waals surface area contributed by atoms with E-state index in [1.165, 1.54) is 19.0 Å².